The molecule has 33 heavy (non-hydrogen) atoms. The molecule has 3 amide bonds. The number of ether oxygens (including phenoxy) is 1. The number of benzene rings is 3. The molecule has 0 unspecified atom stereocenters. The van der Waals surface area contributed by atoms with Crippen LogP contribution >= 0.6 is 0 Å². The van der Waals surface area contributed by atoms with Gasteiger partial charge in [-0.1, -0.05) is 18.2 Å². The zero-order valence-corrected chi connectivity index (χ0v) is 16.6. The SMILES string of the molecule is O=C(Nc1ccc(OC(F)(F)F)cc1)Nc1cccc(C(=O)Nc2ccccc2C(=O)O)c1. The number of alkyl halides is 3. The van der Waals surface area contributed by atoms with Gasteiger partial charge in [-0.2, -0.15) is 0 Å². The van der Waals surface area contributed by atoms with E-state index in [2.05, 4.69) is 20.7 Å². The largest absolute Gasteiger partial charge is 0.573 e. The third-order valence-corrected chi connectivity index (χ3v) is 4.13. The number of carbonyl (C=O) groups is 3. The zero-order chi connectivity index (χ0) is 24.0. The maximum Gasteiger partial charge on any atom is 0.573 e. The summed E-state index contributed by atoms with van der Waals surface area (Å²) in [7, 11) is 0. The van der Waals surface area contributed by atoms with Gasteiger partial charge in [0.1, 0.15) is 5.75 Å². The van der Waals surface area contributed by atoms with Crippen LogP contribution in [-0.4, -0.2) is 29.4 Å². The Bertz CT molecular complexity index is 1180. The fraction of sp³-hybridized carbons (Fsp3) is 0.0455. The van der Waals surface area contributed by atoms with E-state index in [1.165, 1.54) is 54.6 Å². The van der Waals surface area contributed by atoms with Crippen LogP contribution in [0, 0.1) is 0 Å². The molecule has 8 nitrogen and oxygen atoms in total. The lowest BCUT2D eigenvalue weighted by Crippen LogP contribution is -2.20. The minimum Gasteiger partial charge on any atom is -0.478 e. The quantitative estimate of drug-likeness (QED) is 0.405. The number of rotatable bonds is 6. The first kappa shape index (κ1) is 23.1. The summed E-state index contributed by atoms with van der Waals surface area (Å²) < 4.78 is 40.4. The van der Waals surface area contributed by atoms with E-state index < -0.39 is 30.0 Å². The van der Waals surface area contributed by atoms with E-state index >= 15 is 0 Å². The van der Waals surface area contributed by atoms with Gasteiger partial charge in [0.05, 0.1) is 11.3 Å². The summed E-state index contributed by atoms with van der Waals surface area (Å²) in [6.45, 7) is 0. The topological polar surface area (TPSA) is 117 Å². The molecule has 4 N–H and O–H groups in total. The van der Waals surface area contributed by atoms with Gasteiger partial charge < -0.3 is 25.8 Å². The van der Waals surface area contributed by atoms with Crippen LogP contribution in [0.15, 0.2) is 72.8 Å². The van der Waals surface area contributed by atoms with Gasteiger partial charge in [0, 0.05) is 16.9 Å². The number of hydrogen-bond donors (Lipinski definition) is 4. The van der Waals surface area contributed by atoms with E-state index in [9.17, 15) is 32.7 Å². The van der Waals surface area contributed by atoms with Gasteiger partial charge in [-0.3, -0.25) is 4.79 Å². The second-order valence-corrected chi connectivity index (χ2v) is 6.54. The molecular weight excluding hydrogens is 443 g/mol. The standard InChI is InChI=1S/C22H16F3N3O5/c23-22(24,25)33-16-10-8-14(9-11-16)26-21(32)27-15-5-3-4-13(12-15)19(29)28-18-7-2-1-6-17(18)20(30)31/h1-12H,(H,28,29)(H,30,31)(H2,26,27,32). The highest BCUT2D eigenvalue weighted by molar-refractivity contribution is 6.08. The molecule has 170 valence electrons. The highest BCUT2D eigenvalue weighted by Crippen LogP contribution is 2.24. The fourth-order valence-corrected chi connectivity index (χ4v) is 2.74. The average molecular weight is 459 g/mol. The monoisotopic (exact) mass is 459 g/mol. The molecule has 3 aromatic rings. The number of hydrogen-bond acceptors (Lipinski definition) is 4. The first-order chi connectivity index (χ1) is 15.6. The van der Waals surface area contributed by atoms with Crippen LogP contribution < -0.4 is 20.7 Å². The fourth-order valence-electron chi connectivity index (χ4n) is 2.74. The smallest absolute Gasteiger partial charge is 0.478 e. The van der Waals surface area contributed by atoms with Crippen molar-refractivity contribution < 1.29 is 37.4 Å². The number of halogens is 3. The van der Waals surface area contributed by atoms with Crippen LogP contribution in [-0.2, 0) is 0 Å². The van der Waals surface area contributed by atoms with Crippen molar-refractivity contribution in [3.63, 3.8) is 0 Å². The molecule has 0 radical (unpaired) electrons. The van der Waals surface area contributed by atoms with Crippen LogP contribution in [0.25, 0.3) is 0 Å². The lowest BCUT2D eigenvalue weighted by Gasteiger charge is -2.11. The summed E-state index contributed by atoms with van der Waals surface area (Å²) in [4.78, 5) is 36.0. The maximum absolute atomic E-state index is 12.5. The van der Waals surface area contributed by atoms with Crippen molar-refractivity contribution in [1.29, 1.82) is 0 Å². The molecule has 0 fully saturated rings. The highest BCUT2D eigenvalue weighted by Gasteiger charge is 2.31. The Hall–Kier alpha value is -4.54. The van der Waals surface area contributed by atoms with Gasteiger partial charge in [-0.25, -0.2) is 9.59 Å². The lowest BCUT2D eigenvalue weighted by atomic mass is 10.1. The normalized spacial score (nSPS) is 10.8. The van der Waals surface area contributed by atoms with Gasteiger partial charge in [0.25, 0.3) is 5.91 Å². The molecule has 0 bridgehead atoms. The van der Waals surface area contributed by atoms with Crippen molar-refractivity contribution in [2.24, 2.45) is 0 Å². The van der Waals surface area contributed by atoms with E-state index in [4.69, 9.17) is 0 Å². The molecule has 0 aromatic heterocycles. The Kier molecular flexibility index (Phi) is 6.82. The van der Waals surface area contributed by atoms with Crippen LogP contribution in [0.4, 0.5) is 35.0 Å². The van der Waals surface area contributed by atoms with E-state index in [-0.39, 0.29) is 28.2 Å². The van der Waals surface area contributed by atoms with E-state index in [1.807, 2.05) is 0 Å². The molecule has 0 spiro atoms. The molecule has 0 aliphatic heterocycles. The number of anilines is 3. The molecule has 0 saturated heterocycles. The third-order valence-electron chi connectivity index (χ3n) is 4.13. The van der Waals surface area contributed by atoms with Crippen LogP contribution in [0.1, 0.15) is 20.7 Å². The molecule has 11 heteroatoms. The molecule has 0 aliphatic rings. The molecule has 3 aromatic carbocycles. The molecular formula is C22H16F3N3O5. The number of aromatic carboxylic acids is 1. The molecule has 3 rings (SSSR count). The molecule has 0 saturated carbocycles. The minimum absolute atomic E-state index is 0.0776. The highest BCUT2D eigenvalue weighted by atomic mass is 19.4. The number of carbonyl (C=O) groups excluding carboxylic acids is 2. The van der Waals surface area contributed by atoms with E-state index in [0.717, 1.165) is 12.1 Å². The average Bonchev–Trinajstić information content (AvgIpc) is 2.74. The maximum atomic E-state index is 12.5. The Morgan fingerprint density at radius 3 is 2.12 bits per heavy atom. The van der Waals surface area contributed by atoms with Crippen molar-refractivity contribution in [1.82, 2.24) is 0 Å². The number of para-hydroxylation sites is 1. The Morgan fingerprint density at radius 1 is 0.788 bits per heavy atom. The second kappa shape index (κ2) is 9.73. The predicted molar refractivity (Wildman–Crippen MR) is 114 cm³/mol. The van der Waals surface area contributed by atoms with Gasteiger partial charge in [-0.15, -0.1) is 13.2 Å². The summed E-state index contributed by atoms with van der Waals surface area (Å²) in [6, 6.07) is 15.6. The summed E-state index contributed by atoms with van der Waals surface area (Å²) in [5.41, 5.74) is 0.654. The van der Waals surface area contributed by atoms with Crippen molar-refractivity contribution in [2.45, 2.75) is 6.36 Å². The van der Waals surface area contributed by atoms with Crippen LogP contribution in [0.5, 0.6) is 5.75 Å². The Balaban J connectivity index is 1.63. The third kappa shape index (κ3) is 6.72. The van der Waals surface area contributed by atoms with E-state index in [0.29, 0.717) is 0 Å². The Morgan fingerprint density at radius 2 is 1.45 bits per heavy atom. The summed E-state index contributed by atoms with van der Waals surface area (Å²) in [6.07, 6.45) is -4.82. The van der Waals surface area contributed by atoms with Gasteiger partial charge in [-0.05, 0) is 54.6 Å². The number of amides is 3. The van der Waals surface area contributed by atoms with Crippen LogP contribution in [0.3, 0.4) is 0 Å². The molecule has 0 aliphatic carbocycles. The van der Waals surface area contributed by atoms with Crippen molar-refractivity contribution in [2.75, 3.05) is 16.0 Å². The van der Waals surface area contributed by atoms with Crippen molar-refractivity contribution in [3.8, 4) is 5.75 Å². The second-order valence-electron chi connectivity index (χ2n) is 6.54. The van der Waals surface area contributed by atoms with Gasteiger partial charge >= 0.3 is 18.4 Å². The zero-order valence-electron chi connectivity index (χ0n) is 16.6. The number of urea groups is 1. The molecule has 0 atom stereocenters. The Labute approximate surface area is 185 Å². The first-order valence-electron chi connectivity index (χ1n) is 9.28. The van der Waals surface area contributed by atoms with E-state index in [1.54, 1.807) is 6.07 Å². The number of nitrogens with one attached hydrogen (secondary N) is 3. The first-order valence-corrected chi connectivity index (χ1v) is 9.28. The van der Waals surface area contributed by atoms with Crippen molar-refractivity contribution >= 4 is 35.0 Å². The molecule has 0 heterocycles. The van der Waals surface area contributed by atoms with Gasteiger partial charge in [0.15, 0.2) is 0 Å². The summed E-state index contributed by atoms with van der Waals surface area (Å²) >= 11 is 0. The van der Waals surface area contributed by atoms with Gasteiger partial charge in [0.2, 0.25) is 0 Å². The number of carboxylic acids is 1. The number of carboxylic acid groups (broad SMARTS) is 1. The van der Waals surface area contributed by atoms with Crippen molar-refractivity contribution in [3.05, 3.63) is 83.9 Å². The summed E-state index contributed by atoms with van der Waals surface area (Å²) in [5, 5.41) is 16.7. The van der Waals surface area contributed by atoms with Crippen LogP contribution in [0.2, 0.25) is 0 Å². The summed E-state index contributed by atoms with van der Waals surface area (Å²) in [5.74, 6) is -2.22. The predicted octanol–water partition coefficient (Wildman–Crippen LogP) is 5.18. The lowest BCUT2D eigenvalue weighted by molar-refractivity contribution is -0.274. The minimum atomic E-state index is -4.82.